The highest BCUT2D eigenvalue weighted by atomic mass is 32.2. The van der Waals surface area contributed by atoms with Gasteiger partial charge in [-0.2, -0.15) is 13.2 Å². The van der Waals surface area contributed by atoms with Gasteiger partial charge in [-0.15, -0.1) is 0 Å². The van der Waals surface area contributed by atoms with Crippen LogP contribution >= 0.6 is 0 Å². The molecule has 248 valence electrons. The molecule has 0 aliphatic rings. The summed E-state index contributed by atoms with van der Waals surface area (Å²) < 4.78 is 85.1. The number of esters is 1. The lowest BCUT2D eigenvalue weighted by atomic mass is 9.90. The van der Waals surface area contributed by atoms with Gasteiger partial charge in [0, 0.05) is 0 Å². The lowest BCUT2D eigenvalue weighted by molar-refractivity contribution is -0.137. The number of methoxy groups -OCH3 is 1. The monoisotopic (exact) mass is 675 g/mol. The van der Waals surface area contributed by atoms with E-state index in [4.69, 9.17) is 14.2 Å². The van der Waals surface area contributed by atoms with E-state index in [-0.39, 0.29) is 34.4 Å². The average Bonchev–Trinajstić information content (AvgIpc) is 3.07. The van der Waals surface area contributed by atoms with Crippen molar-refractivity contribution in [2.75, 3.05) is 11.8 Å². The largest absolute Gasteiger partial charge is 0.489 e. The molecule has 11 heteroatoms. The zero-order valence-corrected chi connectivity index (χ0v) is 27.1. The van der Waals surface area contributed by atoms with Gasteiger partial charge < -0.3 is 14.2 Å². The molecule has 5 aromatic carbocycles. The summed E-state index contributed by atoms with van der Waals surface area (Å²) in [7, 11) is -2.91. The molecule has 0 aliphatic heterocycles. The Kier molecular flexibility index (Phi) is 10.1. The van der Waals surface area contributed by atoms with Crippen molar-refractivity contribution in [2.24, 2.45) is 0 Å². The Bertz CT molecular complexity index is 1990. The van der Waals surface area contributed by atoms with Gasteiger partial charge in [0.25, 0.3) is 10.0 Å². The Morgan fingerprint density at radius 3 is 2.06 bits per heavy atom. The Morgan fingerprint density at radius 2 is 1.44 bits per heavy atom. The van der Waals surface area contributed by atoms with Crippen molar-refractivity contribution >= 4 is 21.7 Å². The quantitative estimate of drug-likeness (QED) is 0.140. The molecular formula is C37H32F3NO6S. The first-order valence-electron chi connectivity index (χ1n) is 14.9. The van der Waals surface area contributed by atoms with Crippen LogP contribution in [0.25, 0.3) is 11.1 Å². The first-order valence-corrected chi connectivity index (χ1v) is 16.3. The number of hydrogen-bond acceptors (Lipinski definition) is 6. The summed E-state index contributed by atoms with van der Waals surface area (Å²) in [5.41, 5.74) is 2.16. The Balaban J connectivity index is 1.39. The van der Waals surface area contributed by atoms with E-state index in [1.807, 2.05) is 32.0 Å². The van der Waals surface area contributed by atoms with E-state index in [0.29, 0.717) is 22.6 Å². The van der Waals surface area contributed by atoms with Crippen LogP contribution in [0.2, 0.25) is 0 Å². The predicted molar refractivity (Wildman–Crippen MR) is 177 cm³/mol. The maximum absolute atomic E-state index is 13.5. The third-order valence-corrected chi connectivity index (χ3v) is 8.79. The summed E-state index contributed by atoms with van der Waals surface area (Å²) in [5.74, 6) is 0.340. The average molecular weight is 676 g/mol. The minimum Gasteiger partial charge on any atom is -0.489 e. The number of nitrogens with one attached hydrogen (secondary N) is 1. The molecule has 5 rings (SSSR count). The first kappa shape index (κ1) is 34.1. The van der Waals surface area contributed by atoms with Crippen molar-refractivity contribution in [3.63, 3.8) is 0 Å². The van der Waals surface area contributed by atoms with Crippen LogP contribution in [0.3, 0.4) is 0 Å². The van der Waals surface area contributed by atoms with E-state index in [2.05, 4.69) is 4.72 Å². The van der Waals surface area contributed by atoms with Crippen LogP contribution in [0.15, 0.2) is 120 Å². The van der Waals surface area contributed by atoms with Crippen molar-refractivity contribution in [3.05, 3.63) is 138 Å². The van der Waals surface area contributed by atoms with Gasteiger partial charge in [0.05, 0.1) is 28.8 Å². The standard InChI is InChI=1S/C37H32F3NO6S/c1-24(2)32-22-35(41-48(43,44)31-18-16-29(17-19-31)47-28-9-5-4-6-10-28)34(36(42)45-3)21-33(32)26-14-12-25(13-15-26)23-46-30-11-7-8-27(20-30)37(38,39)40/h4-22,24,41H,23H2,1-3H3. The third kappa shape index (κ3) is 8.16. The van der Waals surface area contributed by atoms with Gasteiger partial charge in [-0.25, -0.2) is 13.2 Å². The van der Waals surface area contributed by atoms with Crippen LogP contribution in [0.1, 0.15) is 46.8 Å². The summed E-state index contributed by atoms with van der Waals surface area (Å²) in [4.78, 5) is 12.9. The van der Waals surface area contributed by atoms with Gasteiger partial charge in [0.1, 0.15) is 23.9 Å². The Morgan fingerprint density at radius 1 is 0.792 bits per heavy atom. The van der Waals surface area contributed by atoms with Crippen LogP contribution in [-0.2, 0) is 27.5 Å². The van der Waals surface area contributed by atoms with Crippen molar-refractivity contribution in [2.45, 2.75) is 37.4 Å². The highest BCUT2D eigenvalue weighted by Gasteiger charge is 2.30. The number of rotatable bonds is 11. The molecule has 0 bridgehead atoms. The van der Waals surface area contributed by atoms with E-state index in [9.17, 15) is 26.4 Å². The highest BCUT2D eigenvalue weighted by molar-refractivity contribution is 7.92. The Labute approximate surface area is 277 Å². The number of hydrogen-bond donors (Lipinski definition) is 1. The summed E-state index contributed by atoms with van der Waals surface area (Å²) in [5, 5.41) is 0. The van der Waals surface area contributed by atoms with E-state index in [1.54, 1.807) is 60.7 Å². The minimum absolute atomic E-state index is 0.0152. The molecule has 0 unspecified atom stereocenters. The van der Waals surface area contributed by atoms with E-state index < -0.39 is 27.7 Å². The maximum Gasteiger partial charge on any atom is 0.416 e. The van der Waals surface area contributed by atoms with Gasteiger partial charge in [-0.1, -0.05) is 62.4 Å². The van der Waals surface area contributed by atoms with E-state index >= 15 is 0 Å². The number of anilines is 1. The number of ether oxygens (including phenoxy) is 3. The fourth-order valence-electron chi connectivity index (χ4n) is 4.93. The Hall–Kier alpha value is -5.29. The van der Waals surface area contributed by atoms with E-state index in [0.717, 1.165) is 23.3 Å². The lowest BCUT2D eigenvalue weighted by Gasteiger charge is -2.19. The molecule has 0 aliphatic carbocycles. The molecule has 0 saturated carbocycles. The van der Waals surface area contributed by atoms with Crippen LogP contribution in [-0.4, -0.2) is 21.5 Å². The normalized spacial score (nSPS) is 11.6. The summed E-state index contributed by atoms with van der Waals surface area (Å²) >= 11 is 0. The number of benzene rings is 5. The first-order chi connectivity index (χ1) is 22.8. The van der Waals surface area contributed by atoms with Crippen LogP contribution in [0.4, 0.5) is 18.9 Å². The van der Waals surface area contributed by atoms with Gasteiger partial charge in [0.15, 0.2) is 0 Å². The molecule has 0 atom stereocenters. The predicted octanol–water partition coefficient (Wildman–Crippen LogP) is 9.45. The smallest absolute Gasteiger partial charge is 0.416 e. The van der Waals surface area contributed by atoms with Crippen LogP contribution in [0.5, 0.6) is 17.2 Å². The fraction of sp³-hybridized carbons (Fsp3) is 0.162. The molecule has 0 aromatic heterocycles. The van der Waals surface area contributed by atoms with E-state index in [1.165, 1.54) is 31.4 Å². The number of sulfonamides is 1. The summed E-state index contributed by atoms with van der Waals surface area (Å²) in [6.45, 7) is 3.92. The molecule has 0 amide bonds. The molecule has 0 radical (unpaired) electrons. The van der Waals surface area contributed by atoms with Crippen molar-refractivity contribution in [3.8, 4) is 28.4 Å². The molecule has 1 N–H and O–H groups in total. The van der Waals surface area contributed by atoms with Gasteiger partial charge in [-0.3, -0.25) is 4.72 Å². The minimum atomic E-state index is -4.48. The SMILES string of the molecule is COC(=O)c1cc(-c2ccc(COc3cccc(C(F)(F)F)c3)cc2)c(C(C)C)cc1NS(=O)(=O)c1ccc(Oc2ccccc2)cc1. The number of para-hydroxylation sites is 1. The molecule has 7 nitrogen and oxygen atoms in total. The van der Waals surface area contributed by atoms with Gasteiger partial charge in [0.2, 0.25) is 0 Å². The topological polar surface area (TPSA) is 90.9 Å². The van der Waals surface area contributed by atoms with Gasteiger partial charge >= 0.3 is 12.1 Å². The second kappa shape index (κ2) is 14.2. The molecule has 0 spiro atoms. The molecule has 0 heterocycles. The lowest BCUT2D eigenvalue weighted by Crippen LogP contribution is -2.17. The second-order valence-electron chi connectivity index (χ2n) is 11.1. The molecule has 0 fully saturated rings. The highest BCUT2D eigenvalue weighted by Crippen LogP contribution is 2.36. The number of carbonyl (C=O) groups excluding carboxylic acids is 1. The van der Waals surface area contributed by atoms with Crippen molar-refractivity contribution in [1.82, 2.24) is 0 Å². The molecular weight excluding hydrogens is 643 g/mol. The zero-order chi connectivity index (χ0) is 34.5. The molecule has 0 saturated heterocycles. The molecule has 5 aromatic rings. The van der Waals surface area contributed by atoms with Crippen LogP contribution in [0, 0.1) is 0 Å². The number of alkyl halides is 3. The maximum atomic E-state index is 13.5. The summed E-state index contributed by atoms with van der Waals surface area (Å²) in [6, 6.07) is 30.0. The second-order valence-corrected chi connectivity index (χ2v) is 12.8. The van der Waals surface area contributed by atoms with Crippen molar-refractivity contribution < 1.29 is 40.6 Å². The zero-order valence-electron chi connectivity index (χ0n) is 26.2. The number of carbonyl (C=O) groups is 1. The van der Waals surface area contributed by atoms with Gasteiger partial charge in [-0.05, 0) is 94.9 Å². The fourth-order valence-corrected chi connectivity index (χ4v) is 6.00. The molecule has 48 heavy (non-hydrogen) atoms. The summed E-state index contributed by atoms with van der Waals surface area (Å²) in [6.07, 6.45) is -4.48. The van der Waals surface area contributed by atoms with Crippen molar-refractivity contribution in [1.29, 1.82) is 0 Å². The van der Waals surface area contributed by atoms with Crippen LogP contribution < -0.4 is 14.2 Å². The third-order valence-electron chi connectivity index (χ3n) is 7.41. The number of halogens is 3.